The zero-order chi connectivity index (χ0) is 14.7. The summed E-state index contributed by atoms with van der Waals surface area (Å²) in [5.74, 6) is 0.862. The first kappa shape index (κ1) is 14.5. The maximum Gasteiger partial charge on any atom is 0.226 e. The van der Waals surface area contributed by atoms with E-state index in [4.69, 9.17) is 5.73 Å². The summed E-state index contributed by atoms with van der Waals surface area (Å²) in [7, 11) is 0. The molecule has 0 spiro atoms. The Kier molecular flexibility index (Phi) is 4.54. The van der Waals surface area contributed by atoms with Crippen molar-refractivity contribution in [3.05, 3.63) is 30.1 Å². The number of likely N-dealkylation sites (tertiary alicyclic amines) is 1. The fourth-order valence-corrected chi connectivity index (χ4v) is 3.99. The minimum absolute atomic E-state index is 0.145. The van der Waals surface area contributed by atoms with Gasteiger partial charge in [-0.25, -0.2) is 0 Å². The summed E-state index contributed by atoms with van der Waals surface area (Å²) in [4.78, 5) is 19.2. The SMILES string of the molecule is NCC1CCCCC1C(=O)N1CCCC1c1ccncc1. The van der Waals surface area contributed by atoms with E-state index < -0.39 is 0 Å². The lowest BCUT2D eigenvalue weighted by Gasteiger charge is -2.35. The van der Waals surface area contributed by atoms with E-state index in [0.29, 0.717) is 18.4 Å². The highest BCUT2D eigenvalue weighted by Crippen LogP contribution is 2.37. The Hall–Kier alpha value is -1.42. The van der Waals surface area contributed by atoms with Gasteiger partial charge < -0.3 is 10.6 Å². The number of carbonyl (C=O) groups is 1. The number of hydrogen-bond donors (Lipinski definition) is 1. The fourth-order valence-electron chi connectivity index (χ4n) is 3.99. The molecule has 1 aromatic rings. The molecule has 4 nitrogen and oxygen atoms in total. The van der Waals surface area contributed by atoms with Crippen LogP contribution in [-0.4, -0.2) is 28.9 Å². The predicted octanol–water partition coefficient (Wildman–Crippen LogP) is 2.51. The number of amides is 1. The van der Waals surface area contributed by atoms with Gasteiger partial charge in [0.15, 0.2) is 0 Å². The molecule has 3 rings (SSSR count). The molecule has 2 aliphatic rings. The van der Waals surface area contributed by atoms with E-state index in [1.165, 1.54) is 18.4 Å². The quantitative estimate of drug-likeness (QED) is 0.929. The summed E-state index contributed by atoms with van der Waals surface area (Å²) in [6, 6.07) is 4.32. The maximum atomic E-state index is 13.0. The lowest BCUT2D eigenvalue weighted by molar-refractivity contribution is -0.139. The number of hydrogen-bond acceptors (Lipinski definition) is 3. The van der Waals surface area contributed by atoms with Crippen LogP contribution in [0.5, 0.6) is 0 Å². The monoisotopic (exact) mass is 287 g/mol. The molecule has 2 fully saturated rings. The molecular weight excluding hydrogens is 262 g/mol. The van der Waals surface area contributed by atoms with Gasteiger partial charge in [0.2, 0.25) is 5.91 Å². The van der Waals surface area contributed by atoms with Gasteiger partial charge in [-0.05, 0) is 55.8 Å². The third-order valence-corrected chi connectivity index (χ3v) is 5.16. The second kappa shape index (κ2) is 6.56. The number of carbonyl (C=O) groups excluding carboxylic acids is 1. The third-order valence-electron chi connectivity index (χ3n) is 5.16. The van der Waals surface area contributed by atoms with E-state index in [9.17, 15) is 4.79 Å². The molecule has 2 heterocycles. The van der Waals surface area contributed by atoms with Crippen LogP contribution < -0.4 is 5.73 Å². The van der Waals surface area contributed by atoms with Gasteiger partial charge in [0.25, 0.3) is 0 Å². The van der Waals surface area contributed by atoms with E-state index in [2.05, 4.69) is 9.88 Å². The topological polar surface area (TPSA) is 59.2 Å². The first-order chi connectivity index (χ1) is 10.3. The van der Waals surface area contributed by atoms with Crippen LogP contribution in [0.3, 0.4) is 0 Å². The molecule has 3 unspecified atom stereocenters. The number of rotatable bonds is 3. The first-order valence-corrected chi connectivity index (χ1v) is 8.21. The average Bonchev–Trinajstić information content (AvgIpc) is 3.04. The van der Waals surface area contributed by atoms with Crippen LogP contribution in [0.25, 0.3) is 0 Å². The largest absolute Gasteiger partial charge is 0.335 e. The van der Waals surface area contributed by atoms with Gasteiger partial charge in [-0.1, -0.05) is 12.8 Å². The van der Waals surface area contributed by atoms with Gasteiger partial charge in [0.05, 0.1) is 6.04 Å². The standard InChI is InChI=1S/C17H25N3O/c18-12-14-4-1-2-5-15(14)17(21)20-11-3-6-16(20)13-7-9-19-10-8-13/h7-10,14-16H,1-6,11-12,18H2. The van der Waals surface area contributed by atoms with Gasteiger partial charge in [-0.15, -0.1) is 0 Å². The van der Waals surface area contributed by atoms with Crippen molar-refractivity contribution in [2.24, 2.45) is 17.6 Å². The second-order valence-electron chi connectivity index (χ2n) is 6.36. The highest BCUT2D eigenvalue weighted by Gasteiger charge is 2.37. The lowest BCUT2D eigenvalue weighted by atomic mass is 9.78. The summed E-state index contributed by atoms with van der Waals surface area (Å²) in [5.41, 5.74) is 7.12. The van der Waals surface area contributed by atoms with E-state index >= 15 is 0 Å². The normalized spacial score (nSPS) is 29.6. The molecule has 1 saturated heterocycles. The fraction of sp³-hybridized carbons (Fsp3) is 0.647. The molecule has 0 radical (unpaired) electrons. The average molecular weight is 287 g/mol. The third kappa shape index (κ3) is 2.95. The Bertz CT molecular complexity index is 476. The molecule has 0 aromatic carbocycles. The van der Waals surface area contributed by atoms with Crippen LogP contribution in [0.1, 0.15) is 50.1 Å². The van der Waals surface area contributed by atoms with Crippen molar-refractivity contribution in [2.45, 2.75) is 44.6 Å². The van der Waals surface area contributed by atoms with Crippen LogP contribution in [0.4, 0.5) is 0 Å². The summed E-state index contributed by atoms with van der Waals surface area (Å²) in [6.45, 7) is 1.53. The first-order valence-electron chi connectivity index (χ1n) is 8.21. The molecule has 1 amide bonds. The molecule has 114 valence electrons. The molecule has 1 aromatic heterocycles. The van der Waals surface area contributed by atoms with Gasteiger partial charge in [0.1, 0.15) is 0 Å². The lowest BCUT2D eigenvalue weighted by Crippen LogP contribution is -2.42. The molecule has 2 N–H and O–H groups in total. The Morgan fingerprint density at radius 1 is 1.19 bits per heavy atom. The zero-order valence-corrected chi connectivity index (χ0v) is 12.6. The van der Waals surface area contributed by atoms with Crippen molar-refractivity contribution in [2.75, 3.05) is 13.1 Å². The summed E-state index contributed by atoms with van der Waals surface area (Å²) in [6.07, 6.45) is 10.3. The van der Waals surface area contributed by atoms with Crippen LogP contribution in [0, 0.1) is 11.8 Å². The van der Waals surface area contributed by atoms with Gasteiger partial charge in [-0.2, -0.15) is 0 Å². The van der Waals surface area contributed by atoms with Crippen LogP contribution >= 0.6 is 0 Å². The van der Waals surface area contributed by atoms with Crippen molar-refractivity contribution >= 4 is 5.91 Å². The molecule has 21 heavy (non-hydrogen) atoms. The van der Waals surface area contributed by atoms with Crippen LogP contribution in [-0.2, 0) is 4.79 Å². The Morgan fingerprint density at radius 3 is 2.71 bits per heavy atom. The second-order valence-corrected chi connectivity index (χ2v) is 6.36. The number of aromatic nitrogens is 1. The molecule has 1 aliphatic heterocycles. The Morgan fingerprint density at radius 2 is 1.95 bits per heavy atom. The molecular formula is C17H25N3O. The minimum Gasteiger partial charge on any atom is -0.335 e. The predicted molar refractivity (Wildman–Crippen MR) is 82.4 cm³/mol. The molecule has 0 bridgehead atoms. The Balaban J connectivity index is 1.76. The van der Waals surface area contributed by atoms with E-state index in [-0.39, 0.29) is 12.0 Å². The summed E-state index contributed by atoms with van der Waals surface area (Å²) < 4.78 is 0. The van der Waals surface area contributed by atoms with E-state index in [1.54, 1.807) is 0 Å². The highest BCUT2D eigenvalue weighted by molar-refractivity contribution is 5.80. The molecule has 1 saturated carbocycles. The van der Waals surface area contributed by atoms with Crippen molar-refractivity contribution in [3.63, 3.8) is 0 Å². The minimum atomic E-state index is 0.145. The maximum absolute atomic E-state index is 13.0. The van der Waals surface area contributed by atoms with E-state index in [1.807, 2.05) is 24.5 Å². The van der Waals surface area contributed by atoms with Gasteiger partial charge in [-0.3, -0.25) is 9.78 Å². The molecule has 3 atom stereocenters. The number of nitrogens with two attached hydrogens (primary N) is 1. The zero-order valence-electron chi connectivity index (χ0n) is 12.6. The van der Waals surface area contributed by atoms with E-state index in [0.717, 1.165) is 32.2 Å². The highest BCUT2D eigenvalue weighted by atomic mass is 16.2. The summed E-state index contributed by atoms with van der Waals surface area (Å²) in [5, 5.41) is 0. The van der Waals surface area contributed by atoms with Gasteiger partial charge >= 0.3 is 0 Å². The number of nitrogens with zero attached hydrogens (tertiary/aromatic N) is 2. The number of pyridine rings is 1. The smallest absolute Gasteiger partial charge is 0.226 e. The molecule has 4 heteroatoms. The Labute approximate surface area is 126 Å². The van der Waals surface area contributed by atoms with Crippen LogP contribution in [0.2, 0.25) is 0 Å². The van der Waals surface area contributed by atoms with Crippen molar-refractivity contribution < 1.29 is 4.79 Å². The van der Waals surface area contributed by atoms with Crippen LogP contribution in [0.15, 0.2) is 24.5 Å². The van der Waals surface area contributed by atoms with Gasteiger partial charge in [0, 0.05) is 24.9 Å². The van der Waals surface area contributed by atoms with Crippen molar-refractivity contribution in [1.82, 2.24) is 9.88 Å². The summed E-state index contributed by atoms with van der Waals surface area (Å²) >= 11 is 0. The van der Waals surface area contributed by atoms with Crippen molar-refractivity contribution in [3.8, 4) is 0 Å². The van der Waals surface area contributed by atoms with Crippen molar-refractivity contribution in [1.29, 1.82) is 0 Å². The molecule has 1 aliphatic carbocycles.